The van der Waals surface area contributed by atoms with Gasteiger partial charge in [0.25, 0.3) is 5.91 Å². The molecule has 0 aliphatic carbocycles. The Labute approximate surface area is 156 Å². The van der Waals surface area contributed by atoms with E-state index in [-0.39, 0.29) is 11.9 Å². The standard InChI is InChI=1S/C22H28N2O2/c1-16-11-17(2)13-19(12-16)22(25)23-15-21(24-9-4-5-10-24)18-7-6-8-20(14-18)26-3/h6-8,11-14,21H,4-5,9-10,15H2,1-3H3,(H,23,25). The normalized spacial score (nSPS) is 15.7. The lowest BCUT2D eigenvalue weighted by Gasteiger charge is -2.28. The fourth-order valence-electron chi connectivity index (χ4n) is 3.76. The summed E-state index contributed by atoms with van der Waals surface area (Å²) >= 11 is 0. The van der Waals surface area contributed by atoms with Crippen molar-refractivity contribution >= 4 is 5.91 Å². The molecule has 1 saturated heterocycles. The van der Waals surface area contributed by atoms with Crippen molar-refractivity contribution in [2.24, 2.45) is 0 Å². The smallest absolute Gasteiger partial charge is 0.251 e. The van der Waals surface area contributed by atoms with E-state index in [1.807, 2.05) is 38.1 Å². The highest BCUT2D eigenvalue weighted by atomic mass is 16.5. The van der Waals surface area contributed by atoms with Crippen LogP contribution in [0.3, 0.4) is 0 Å². The SMILES string of the molecule is COc1cccc(C(CNC(=O)c2cc(C)cc(C)c2)N2CCCC2)c1. The summed E-state index contributed by atoms with van der Waals surface area (Å²) in [5.41, 5.74) is 4.14. The fourth-order valence-corrected chi connectivity index (χ4v) is 3.76. The number of hydrogen-bond acceptors (Lipinski definition) is 3. The molecule has 0 aromatic heterocycles. The molecule has 3 rings (SSSR count). The highest BCUT2D eigenvalue weighted by molar-refractivity contribution is 5.94. The molecule has 0 bridgehead atoms. The molecule has 1 aliphatic heterocycles. The third-order valence-electron chi connectivity index (χ3n) is 5.00. The Balaban J connectivity index is 1.76. The summed E-state index contributed by atoms with van der Waals surface area (Å²) < 4.78 is 5.38. The van der Waals surface area contributed by atoms with E-state index in [2.05, 4.69) is 28.4 Å². The molecule has 26 heavy (non-hydrogen) atoms. The number of amides is 1. The third-order valence-corrected chi connectivity index (χ3v) is 5.00. The number of carbonyl (C=O) groups excluding carboxylic acids is 1. The molecule has 0 spiro atoms. The van der Waals surface area contributed by atoms with Gasteiger partial charge < -0.3 is 10.1 Å². The molecule has 1 heterocycles. The van der Waals surface area contributed by atoms with Crippen molar-refractivity contribution in [3.63, 3.8) is 0 Å². The van der Waals surface area contributed by atoms with Gasteiger partial charge in [-0.2, -0.15) is 0 Å². The first-order chi connectivity index (χ1) is 12.6. The number of rotatable bonds is 6. The quantitative estimate of drug-likeness (QED) is 0.858. The van der Waals surface area contributed by atoms with Gasteiger partial charge in [0.05, 0.1) is 13.2 Å². The van der Waals surface area contributed by atoms with Gasteiger partial charge in [0.1, 0.15) is 5.75 Å². The second-order valence-electron chi connectivity index (χ2n) is 7.12. The van der Waals surface area contributed by atoms with Crippen LogP contribution in [0.15, 0.2) is 42.5 Å². The molecule has 0 saturated carbocycles. The average molecular weight is 352 g/mol. The molecule has 1 N–H and O–H groups in total. The van der Waals surface area contributed by atoms with Gasteiger partial charge in [-0.1, -0.05) is 29.3 Å². The number of benzene rings is 2. The van der Waals surface area contributed by atoms with E-state index in [0.717, 1.165) is 35.5 Å². The minimum Gasteiger partial charge on any atom is -0.497 e. The molecular weight excluding hydrogens is 324 g/mol. The van der Waals surface area contributed by atoms with Gasteiger partial charge in [0.15, 0.2) is 0 Å². The van der Waals surface area contributed by atoms with Crippen LogP contribution in [0.1, 0.15) is 45.9 Å². The molecule has 1 unspecified atom stereocenters. The molecule has 2 aromatic carbocycles. The van der Waals surface area contributed by atoms with Crippen molar-refractivity contribution in [1.82, 2.24) is 10.2 Å². The van der Waals surface area contributed by atoms with Crippen LogP contribution in [-0.2, 0) is 0 Å². The maximum atomic E-state index is 12.7. The summed E-state index contributed by atoms with van der Waals surface area (Å²) in [6.07, 6.45) is 2.43. The molecule has 138 valence electrons. The molecule has 4 nitrogen and oxygen atoms in total. The van der Waals surface area contributed by atoms with Crippen LogP contribution in [0, 0.1) is 13.8 Å². The van der Waals surface area contributed by atoms with E-state index in [4.69, 9.17) is 4.74 Å². The summed E-state index contributed by atoms with van der Waals surface area (Å²) in [5.74, 6) is 0.844. The van der Waals surface area contributed by atoms with E-state index in [1.165, 1.54) is 18.4 Å². The maximum Gasteiger partial charge on any atom is 0.251 e. The van der Waals surface area contributed by atoms with Crippen molar-refractivity contribution in [3.8, 4) is 5.75 Å². The van der Waals surface area contributed by atoms with Crippen LogP contribution in [0.25, 0.3) is 0 Å². The number of methoxy groups -OCH3 is 1. The van der Waals surface area contributed by atoms with Crippen LogP contribution in [-0.4, -0.2) is 37.6 Å². The summed E-state index contributed by atoms with van der Waals surface area (Å²) in [7, 11) is 1.69. The molecule has 1 aliphatic rings. The van der Waals surface area contributed by atoms with Gasteiger partial charge in [-0.05, 0) is 69.6 Å². The number of likely N-dealkylation sites (tertiary alicyclic amines) is 1. The zero-order chi connectivity index (χ0) is 18.5. The van der Waals surface area contributed by atoms with Crippen LogP contribution in [0.2, 0.25) is 0 Å². The first-order valence-electron chi connectivity index (χ1n) is 9.31. The van der Waals surface area contributed by atoms with Gasteiger partial charge in [0, 0.05) is 12.1 Å². The number of ether oxygens (including phenoxy) is 1. The van der Waals surface area contributed by atoms with Crippen molar-refractivity contribution in [3.05, 3.63) is 64.7 Å². The lowest BCUT2D eigenvalue weighted by molar-refractivity contribution is 0.0937. The Morgan fingerprint density at radius 1 is 1.12 bits per heavy atom. The van der Waals surface area contributed by atoms with E-state index in [0.29, 0.717) is 6.54 Å². The number of aryl methyl sites for hydroxylation is 2. The summed E-state index contributed by atoms with van der Waals surface area (Å²) in [6.45, 7) is 6.78. The molecule has 0 radical (unpaired) electrons. The Bertz CT molecular complexity index is 746. The number of nitrogens with zero attached hydrogens (tertiary/aromatic N) is 1. The molecule has 4 heteroatoms. The number of nitrogens with one attached hydrogen (secondary N) is 1. The lowest BCUT2D eigenvalue weighted by atomic mass is 10.0. The minimum atomic E-state index is -0.0103. The Hall–Kier alpha value is -2.33. The number of carbonyl (C=O) groups is 1. The monoisotopic (exact) mass is 352 g/mol. The van der Waals surface area contributed by atoms with Crippen LogP contribution in [0.5, 0.6) is 5.75 Å². The minimum absolute atomic E-state index is 0.0103. The predicted molar refractivity (Wildman–Crippen MR) is 105 cm³/mol. The van der Waals surface area contributed by atoms with Crippen molar-refractivity contribution in [2.75, 3.05) is 26.7 Å². The molecule has 1 atom stereocenters. The van der Waals surface area contributed by atoms with Crippen molar-refractivity contribution in [1.29, 1.82) is 0 Å². The summed E-state index contributed by atoms with van der Waals surface area (Å²) in [5, 5.41) is 3.14. The van der Waals surface area contributed by atoms with E-state index < -0.39 is 0 Å². The lowest BCUT2D eigenvalue weighted by Crippen LogP contribution is -2.36. The first-order valence-corrected chi connectivity index (χ1v) is 9.31. The summed E-state index contributed by atoms with van der Waals surface area (Å²) in [4.78, 5) is 15.1. The van der Waals surface area contributed by atoms with Gasteiger partial charge in [-0.3, -0.25) is 9.69 Å². The highest BCUT2D eigenvalue weighted by Crippen LogP contribution is 2.27. The highest BCUT2D eigenvalue weighted by Gasteiger charge is 2.24. The Morgan fingerprint density at radius 2 is 1.81 bits per heavy atom. The second kappa shape index (κ2) is 8.37. The largest absolute Gasteiger partial charge is 0.497 e. The topological polar surface area (TPSA) is 41.6 Å². The van der Waals surface area contributed by atoms with Crippen molar-refractivity contribution in [2.45, 2.75) is 32.7 Å². The Kier molecular flexibility index (Phi) is 5.94. The van der Waals surface area contributed by atoms with Crippen LogP contribution >= 0.6 is 0 Å². The molecule has 1 fully saturated rings. The fraction of sp³-hybridized carbons (Fsp3) is 0.409. The zero-order valence-corrected chi connectivity index (χ0v) is 15.9. The van der Waals surface area contributed by atoms with E-state index in [1.54, 1.807) is 7.11 Å². The number of hydrogen-bond donors (Lipinski definition) is 1. The Morgan fingerprint density at radius 3 is 2.46 bits per heavy atom. The summed E-state index contributed by atoms with van der Waals surface area (Å²) in [6, 6.07) is 14.3. The molecule has 1 amide bonds. The second-order valence-corrected chi connectivity index (χ2v) is 7.12. The predicted octanol–water partition coefficient (Wildman–Crippen LogP) is 3.88. The van der Waals surface area contributed by atoms with Gasteiger partial charge in [-0.15, -0.1) is 0 Å². The third kappa shape index (κ3) is 4.44. The first kappa shape index (κ1) is 18.5. The molecular formula is C22H28N2O2. The van der Waals surface area contributed by atoms with E-state index >= 15 is 0 Å². The van der Waals surface area contributed by atoms with Gasteiger partial charge in [0.2, 0.25) is 0 Å². The average Bonchev–Trinajstić information content (AvgIpc) is 3.15. The maximum absolute atomic E-state index is 12.7. The van der Waals surface area contributed by atoms with E-state index in [9.17, 15) is 4.79 Å². The zero-order valence-electron chi connectivity index (χ0n) is 15.9. The van der Waals surface area contributed by atoms with Crippen LogP contribution in [0.4, 0.5) is 0 Å². The van der Waals surface area contributed by atoms with Crippen molar-refractivity contribution < 1.29 is 9.53 Å². The van der Waals surface area contributed by atoms with Crippen LogP contribution < -0.4 is 10.1 Å². The van der Waals surface area contributed by atoms with Gasteiger partial charge in [-0.25, -0.2) is 0 Å². The van der Waals surface area contributed by atoms with Gasteiger partial charge >= 0.3 is 0 Å². The molecule has 2 aromatic rings.